The maximum Gasteiger partial charge on any atom is 0.335 e. The number of ether oxygens (including phenoxy) is 1. The van der Waals surface area contributed by atoms with Gasteiger partial charge in [0, 0.05) is 23.8 Å². The first kappa shape index (κ1) is 21.3. The minimum absolute atomic E-state index is 0.107. The lowest BCUT2D eigenvalue weighted by Gasteiger charge is -2.16. The number of hydrogen-bond acceptors (Lipinski definition) is 5. The highest BCUT2D eigenvalue weighted by Gasteiger charge is 2.19. The number of amides is 1. The van der Waals surface area contributed by atoms with Gasteiger partial charge in [-0.05, 0) is 48.9 Å². The van der Waals surface area contributed by atoms with Crippen LogP contribution in [0.2, 0.25) is 5.02 Å². The number of carbonyl (C=O) groups excluding carboxylic acids is 1. The molecule has 160 valence electrons. The summed E-state index contributed by atoms with van der Waals surface area (Å²) in [6, 6.07) is 16.6. The molecular formula is C24H18ClN3O4. The lowest BCUT2D eigenvalue weighted by atomic mass is 10.1. The Morgan fingerprint density at radius 3 is 2.59 bits per heavy atom. The molecule has 0 spiro atoms. The molecule has 8 heteroatoms. The van der Waals surface area contributed by atoms with E-state index in [2.05, 4.69) is 15.3 Å². The van der Waals surface area contributed by atoms with Gasteiger partial charge in [0.15, 0.2) is 0 Å². The first-order valence-corrected chi connectivity index (χ1v) is 10.1. The van der Waals surface area contributed by atoms with Crippen LogP contribution in [0.5, 0.6) is 11.6 Å². The maximum absolute atomic E-state index is 13.0. The molecule has 2 heterocycles. The van der Waals surface area contributed by atoms with Crippen LogP contribution >= 0.6 is 11.6 Å². The van der Waals surface area contributed by atoms with E-state index in [0.29, 0.717) is 10.8 Å². The minimum atomic E-state index is -1.01. The van der Waals surface area contributed by atoms with Gasteiger partial charge in [0.2, 0.25) is 5.88 Å². The molecule has 32 heavy (non-hydrogen) atoms. The van der Waals surface area contributed by atoms with Gasteiger partial charge in [0.1, 0.15) is 11.3 Å². The van der Waals surface area contributed by atoms with E-state index in [9.17, 15) is 9.59 Å². The second-order valence-corrected chi connectivity index (χ2v) is 7.52. The van der Waals surface area contributed by atoms with Gasteiger partial charge in [-0.2, -0.15) is 0 Å². The van der Waals surface area contributed by atoms with Crippen LogP contribution in [0.15, 0.2) is 73.1 Å². The summed E-state index contributed by atoms with van der Waals surface area (Å²) >= 11 is 6.08. The average Bonchev–Trinajstić information content (AvgIpc) is 2.80. The Morgan fingerprint density at radius 1 is 1.06 bits per heavy atom. The largest absolute Gasteiger partial charge is 0.478 e. The summed E-state index contributed by atoms with van der Waals surface area (Å²) in [6.45, 7) is 1.79. The summed E-state index contributed by atoms with van der Waals surface area (Å²) in [5.74, 6) is -0.847. The van der Waals surface area contributed by atoms with E-state index in [1.54, 1.807) is 37.4 Å². The smallest absolute Gasteiger partial charge is 0.335 e. The molecule has 0 bridgehead atoms. The van der Waals surface area contributed by atoms with Crippen LogP contribution < -0.4 is 10.1 Å². The SMILES string of the molecule is C[C@H](NC(=O)c1cc(Cl)cnc1Oc1ccc2cccnc2c1)c1ccc(C(=O)O)cc1. The zero-order valence-electron chi connectivity index (χ0n) is 16.9. The molecule has 0 radical (unpaired) electrons. The average molecular weight is 448 g/mol. The topological polar surface area (TPSA) is 101 Å². The third kappa shape index (κ3) is 4.68. The summed E-state index contributed by atoms with van der Waals surface area (Å²) in [5, 5.41) is 13.2. The molecule has 2 N–H and O–H groups in total. The van der Waals surface area contributed by atoms with Crippen LogP contribution in [0.25, 0.3) is 10.9 Å². The highest BCUT2D eigenvalue weighted by molar-refractivity contribution is 6.30. The number of carboxylic acid groups (broad SMARTS) is 1. The number of halogens is 1. The van der Waals surface area contributed by atoms with E-state index in [-0.39, 0.29) is 23.0 Å². The van der Waals surface area contributed by atoms with Gasteiger partial charge in [-0.3, -0.25) is 9.78 Å². The number of carboxylic acids is 1. The van der Waals surface area contributed by atoms with E-state index in [1.807, 2.05) is 18.2 Å². The Labute approximate surface area is 188 Å². The maximum atomic E-state index is 13.0. The molecule has 0 aliphatic rings. The highest BCUT2D eigenvalue weighted by Crippen LogP contribution is 2.28. The highest BCUT2D eigenvalue weighted by atomic mass is 35.5. The predicted octanol–water partition coefficient (Wildman–Crippen LogP) is 5.26. The Bertz CT molecular complexity index is 1310. The molecule has 0 saturated carbocycles. The van der Waals surface area contributed by atoms with Gasteiger partial charge in [0.25, 0.3) is 5.91 Å². The Balaban J connectivity index is 1.56. The number of nitrogens with zero attached hydrogens (tertiary/aromatic N) is 2. The molecular weight excluding hydrogens is 430 g/mol. The van der Waals surface area contributed by atoms with E-state index in [1.165, 1.54) is 24.4 Å². The Hall–Kier alpha value is -3.97. The van der Waals surface area contributed by atoms with Crippen molar-refractivity contribution in [3.05, 3.63) is 94.8 Å². The molecule has 0 aliphatic heterocycles. The summed E-state index contributed by atoms with van der Waals surface area (Å²) in [7, 11) is 0. The van der Waals surface area contributed by atoms with Gasteiger partial charge in [-0.15, -0.1) is 0 Å². The van der Waals surface area contributed by atoms with Crippen molar-refractivity contribution in [1.29, 1.82) is 0 Å². The van der Waals surface area contributed by atoms with Crippen LogP contribution in [0.4, 0.5) is 0 Å². The van der Waals surface area contributed by atoms with Crippen molar-refractivity contribution in [2.24, 2.45) is 0 Å². The predicted molar refractivity (Wildman–Crippen MR) is 120 cm³/mol. The monoisotopic (exact) mass is 447 g/mol. The fraction of sp³-hybridized carbons (Fsp3) is 0.0833. The third-order valence-corrected chi connectivity index (χ3v) is 5.07. The second kappa shape index (κ2) is 9.03. The standard InChI is InChI=1S/C24H18ClN3O4/c1-14(15-4-6-17(7-5-15)24(30)31)28-22(29)20-11-18(25)13-27-23(20)32-19-9-8-16-3-2-10-26-21(16)12-19/h2-14H,1H3,(H,28,29)(H,30,31)/t14-/m0/s1. The number of hydrogen-bond donors (Lipinski definition) is 2. The van der Waals surface area contributed by atoms with Crippen molar-refractivity contribution in [3.8, 4) is 11.6 Å². The number of rotatable bonds is 6. The molecule has 1 amide bonds. The van der Waals surface area contributed by atoms with Gasteiger partial charge >= 0.3 is 5.97 Å². The summed E-state index contributed by atoms with van der Waals surface area (Å²) in [5.41, 5.74) is 1.85. The summed E-state index contributed by atoms with van der Waals surface area (Å²) < 4.78 is 5.89. The lowest BCUT2D eigenvalue weighted by Crippen LogP contribution is -2.27. The second-order valence-electron chi connectivity index (χ2n) is 7.09. The molecule has 0 unspecified atom stereocenters. The normalized spacial score (nSPS) is 11.7. The molecule has 1 atom stereocenters. The van der Waals surface area contributed by atoms with Gasteiger partial charge in [-0.25, -0.2) is 9.78 Å². The fourth-order valence-corrected chi connectivity index (χ4v) is 3.32. The number of benzene rings is 2. The number of carbonyl (C=O) groups is 2. The first-order valence-electron chi connectivity index (χ1n) is 9.73. The Morgan fingerprint density at radius 2 is 1.84 bits per heavy atom. The van der Waals surface area contributed by atoms with Crippen LogP contribution in [-0.2, 0) is 0 Å². The molecule has 0 saturated heterocycles. The van der Waals surface area contributed by atoms with E-state index in [0.717, 1.165) is 16.5 Å². The molecule has 7 nitrogen and oxygen atoms in total. The van der Waals surface area contributed by atoms with Gasteiger partial charge in [-0.1, -0.05) is 29.8 Å². The van der Waals surface area contributed by atoms with Crippen molar-refractivity contribution < 1.29 is 19.4 Å². The first-order chi connectivity index (χ1) is 15.4. The van der Waals surface area contributed by atoms with Crippen LogP contribution in [-0.4, -0.2) is 27.0 Å². The quantitative estimate of drug-likeness (QED) is 0.417. The van der Waals surface area contributed by atoms with Crippen molar-refractivity contribution in [3.63, 3.8) is 0 Å². The molecule has 2 aromatic heterocycles. The Kier molecular flexibility index (Phi) is 6.00. The van der Waals surface area contributed by atoms with Crippen molar-refractivity contribution >= 4 is 34.4 Å². The molecule has 2 aromatic carbocycles. The zero-order valence-corrected chi connectivity index (χ0v) is 17.7. The summed E-state index contributed by atoms with van der Waals surface area (Å²) in [4.78, 5) is 32.5. The minimum Gasteiger partial charge on any atom is -0.478 e. The van der Waals surface area contributed by atoms with Gasteiger partial charge < -0.3 is 15.2 Å². The van der Waals surface area contributed by atoms with Crippen LogP contribution in [0, 0.1) is 0 Å². The number of aromatic carboxylic acids is 1. The molecule has 4 rings (SSSR count). The number of nitrogens with one attached hydrogen (secondary N) is 1. The van der Waals surface area contributed by atoms with Crippen LogP contribution in [0.1, 0.15) is 39.2 Å². The van der Waals surface area contributed by atoms with Crippen molar-refractivity contribution in [2.45, 2.75) is 13.0 Å². The van der Waals surface area contributed by atoms with Crippen molar-refractivity contribution in [2.75, 3.05) is 0 Å². The number of pyridine rings is 2. The zero-order chi connectivity index (χ0) is 22.7. The summed E-state index contributed by atoms with van der Waals surface area (Å²) in [6.07, 6.45) is 3.09. The van der Waals surface area contributed by atoms with E-state index in [4.69, 9.17) is 21.4 Å². The van der Waals surface area contributed by atoms with Gasteiger partial charge in [0.05, 0.1) is 22.1 Å². The molecule has 0 aliphatic carbocycles. The molecule has 0 fully saturated rings. The van der Waals surface area contributed by atoms with Crippen LogP contribution in [0.3, 0.4) is 0 Å². The third-order valence-electron chi connectivity index (χ3n) is 4.86. The fourth-order valence-electron chi connectivity index (χ4n) is 3.16. The van der Waals surface area contributed by atoms with E-state index < -0.39 is 11.9 Å². The molecule has 4 aromatic rings. The lowest BCUT2D eigenvalue weighted by molar-refractivity contribution is 0.0696. The number of fused-ring (bicyclic) bond motifs is 1. The number of aromatic nitrogens is 2. The van der Waals surface area contributed by atoms with E-state index >= 15 is 0 Å². The van der Waals surface area contributed by atoms with Crippen molar-refractivity contribution in [1.82, 2.24) is 15.3 Å².